The summed E-state index contributed by atoms with van der Waals surface area (Å²) in [6.07, 6.45) is 2.33. The molecule has 0 spiro atoms. The van der Waals surface area contributed by atoms with E-state index >= 15 is 0 Å². The molecule has 0 aliphatic carbocycles. The minimum Gasteiger partial charge on any atom is -0.258 e. The number of sulfonamides is 1. The van der Waals surface area contributed by atoms with Gasteiger partial charge in [-0.3, -0.25) is 10.1 Å². The molecule has 1 heterocycles. The fourth-order valence-electron chi connectivity index (χ4n) is 2.78. The Hall–Kier alpha value is -1.18. The molecule has 1 aliphatic rings. The van der Waals surface area contributed by atoms with Gasteiger partial charge in [-0.25, -0.2) is 8.42 Å². The van der Waals surface area contributed by atoms with Crippen molar-refractivity contribution < 1.29 is 13.3 Å². The number of hydrogen-bond donors (Lipinski definition) is 0. The average Bonchev–Trinajstić information content (AvgIpc) is 2.80. The van der Waals surface area contributed by atoms with E-state index in [0.29, 0.717) is 0 Å². The van der Waals surface area contributed by atoms with Crippen LogP contribution >= 0.6 is 11.6 Å². The van der Waals surface area contributed by atoms with Gasteiger partial charge in [0.25, 0.3) is 5.69 Å². The Kier molecular flexibility index (Phi) is 4.55. The van der Waals surface area contributed by atoms with E-state index in [9.17, 15) is 18.5 Å². The van der Waals surface area contributed by atoms with Crippen molar-refractivity contribution in [3.05, 3.63) is 33.3 Å². The van der Waals surface area contributed by atoms with Crippen molar-refractivity contribution in [2.45, 2.75) is 50.1 Å². The lowest BCUT2D eigenvalue weighted by molar-refractivity contribution is -0.384. The summed E-state index contributed by atoms with van der Waals surface area (Å²) in [4.78, 5) is 10.2. The second-order valence-electron chi connectivity index (χ2n) is 5.19. The molecule has 2 rings (SSSR count). The lowest BCUT2D eigenvalue weighted by Crippen LogP contribution is -2.39. The smallest absolute Gasteiger partial charge is 0.258 e. The predicted octanol–water partition coefficient (Wildman–Crippen LogP) is 3.20. The molecule has 1 saturated heterocycles. The minimum absolute atomic E-state index is 0.0558. The maximum Gasteiger partial charge on any atom is 0.289 e. The van der Waals surface area contributed by atoms with Crippen LogP contribution in [0.4, 0.5) is 5.69 Å². The number of halogens is 1. The Balaban J connectivity index is 2.49. The lowest BCUT2D eigenvalue weighted by Gasteiger charge is -2.26. The molecule has 1 aromatic carbocycles. The van der Waals surface area contributed by atoms with E-state index in [-0.39, 0.29) is 22.0 Å². The Bertz CT molecular complexity index is 662. The van der Waals surface area contributed by atoms with Gasteiger partial charge < -0.3 is 0 Å². The Morgan fingerprint density at radius 1 is 1.43 bits per heavy atom. The highest BCUT2D eigenvalue weighted by atomic mass is 35.5. The van der Waals surface area contributed by atoms with E-state index < -0.39 is 20.6 Å². The maximum absolute atomic E-state index is 12.8. The molecule has 0 bridgehead atoms. The lowest BCUT2D eigenvalue weighted by atomic mass is 10.2. The summed E-state index contributed by atoms with van der Waals surface area (Å²) in [6, 6.07) is 3.46. The van der Waals surface area contributed by atoms with Crippen LogP contribution in [-0.4, -0.2) is 29.7 Å². The van der Waals surface area contributed by atoms with Gasteiger partial charge in [0.2, 0.25) is 10.0 Å². The molecule has 2 atom stereocenters. The van der Waals surface area contributed by atoms with Gasteiger partial charge in [0.15, 0.2) is 0 Å². The number of nitrogens with zero attached hydrogens (tertiary/aromatic N) is 2. The SMILES string of the molecule is CCC1CCC(C)N1S(=O)(=O)c1ccc(Cl)c([N+](=O)[O-])c1. The first-order chi connectivity index (χ1) is 9.78. The van der Waals surface area contributed by atoms with E-state index in [1.165, 1.54) is 16.4 Å². The molecule has 1 aromatic rings. The summed E-state index contributed by atoms with van der Waals surface area (Å²) >= 11 is 5.74. The van der Waals surface area contributed by atoms with Crippen molar-refractivity contribution in [3.8, 4) is 0 Å². The molecule has 0 amide bonds. The number of rotatable bonds is 4. The largest absolute Gasteiger partial charge is 0.289 e. The highest BCUT2D eigenvalue weighted by molar-refractivity contribution is 7.89. The monoisotopic (exact) mass is 332 g/mol. The molecule has 0 radical (unpaired) electrons. The molecular formula is C13H17ClN2O4S. The predicted molar refractivity (Wildman–Crippen MR) is 79.9 cm³/mol. The zero-order valence-corrected chi connectivity index (χ0v) is 13.4. The van der Waals surface area contributed by atoms with Gasteiger partial charge in [-0.1, -0.05) is 18.5 Å². The van der Waals surface area contributed by atoms with Gasteiger partial charge in [-0.15, -0.1) is 0 Å². The van der Waals surface area contributed by atoms with Crippen LogP contribution in [0.3, 0.4) is 0 Å². The minimum atomic E-state index is -3.75. The van der Waals surface area contributed by atoms with Gasteiger partial charge in [-0.2, -0.15) is 4.31 Å². The third kappa shape index (κ3) is 2.90. The van der Waals surface area contributed by atoms with Gasteiger partial charge in [0.05, 0.1) is 9.82 Å². The van der Waals surface area contributed by atoms with E-state index in [0.717, 1.165) is 25.3 Å². The highest BCUT2D eigenvalue weighted by Crippen LogP contribution is 2.34. The molecule has 8 heteroatoms. The molecule has 1 aliphatic heterocycles. The standard InChI is InChI=1S/C13H17ClN2O4S/c1-3-10-5-4-9(2)15(10)21(19,20)11-6-7-12(14)13(8-11)16(17)18/h6-10H,3-5H2,1-2H3. The number of benzene rings is 1. The third-order valence-electron chi connectivity index (χ3n) is 3.87. The summed E-state index contributed by atoms with van der Waals surface area (Å²) in [5.74, 6) is 0. The van der Waals surface area contributed by atoms with Crippen LogP contribution in [0, 0.1) is 10.1 Å². The van der Waals surface area contributed by atoms with E-state index in [1.54, 1.807) is 0 Å². The second-order valence-corrected chi connectivity index (χ2v) is 7.44. The van der Waals surface area contributed by atoms with Crippen molar-refractivity contribution in [1.29, 1.82) is 0 Å². The average molecular weight is 333 g/mol. The van der Waals surface area contributed by atoms with Gasteiger partial charge in [0, 0.05) is 18.2 Å². The summed E-state index contributed by atoms with van der Waals surface area (Å²) in [7, 11) is -3.75. The Labute approximate surface area is 128 Å². The first-order valence-corrected chi connectivity index (χ1v) is 8.58. The molecule has 2 unspecified atom stereocenters. The van der Waals surface area contributed by atoms with Crippen molar-refractivity contribution in [1.82, 2.24) is 4.31 Å². The summed E-state index contributed by atoms with van der Waals surface area (Å²) in [6.45, 7) is 3.80. The zero-order chi connectivity index (χ0) is 15.8. The van der Waals surface area contributed by atoms with Crippen molar-refractivity contribution in [2.24, 2.45) is 0 Å². The Morgan fingerprint density at radius 2 is 2.10 bits per heavy atom. The molecule has 0 aromatic heterocycles. The Morgan fingerprint density at radius 3 is 2.67 bits per heavy atom. The molecule has 116 valence electrons. The maximum atomic E-state index is 12.8. The molecular weight excluding hydrogens is 316 g/mol. The molecule has 6 nitrogen and oxygen atoms in total. The molecule has 21 heavy (non-hydrogen) atoms. The number of hydrogen-bond acceptors (Lipinski definition) is 4. The van der Waals surface area contributed by atoms with Crippen molar-refractivity contribution in [3.63, 3.8) is 0 Å². The van der Waals surface area contributed by atoms with Crippen LogP contribution in [0.25, 0.3) is 0 Å². The molecule has 0 saturated carbocycles. The fraction of sp³-hybridized carbons (Fsp3) is 0.538. The summed E-state index contributed by atoms with van der Waals surface area (Å²) in [5, 5.41) is 10.9. The third-order valence-corrected chi connectivity index (χ3v) is 6.26. The number of nitro groups is 1. The first kappa shape index (κ1) is 16.2. The quantitative estimate of drug-likeness (QED) is 0.626. The van der Waals surface area contributed by atoms with E-state index in [2.05, 4.69) is 0 Å². The van der Waals surface area contributed by atoms with Crippen LogP contribution in [0.1, 0.15) is 33.1 Å². The van der Waals surface area contributed by atoms with Gasteiger partial charge >= 0.3 is 0 Å². The molecule has 0 N–H and O–H groups in total. The molecule has 1 fully saturated rings. The van der Waals surface area contributed by atoms with Crippen LogP contribution < -0.4 is 0 Å². The summed E-state index contributed by atoms with van der Waals surface area (Å²) in [5.41, 5.74) is -0.391. The van der Waals surface area contributed by atoms with Crippen LogP contribution in [-0.2, 0) is 10.0 Å². The normalized spacial score (nSPS) is 23.4. The second kappa shape index (κ2) is 5.90. The van der Waals surface area contributed by atoms with Crippen LogP contribution in [0.15, 0.2) is 23.1 Å². The van der Waals surface area contributed by atoms with Crippen molar-refractivity contribution >= 4 is 27.3 Å². The summed E-state index contributed by atoms with van der Waals surface area (Å²) < 4.78 is 27.0. The van der Waals surface area contributed by atoms with Gasteiger partial charge in [-0.05, 0) is 38.3 Å². The van der Waals surface area contributed by atoms with Crippen LogP contribution in [0.5, 0.6) is 0 Å². The van der Waals surface area contributed by atoms with Gasteiger partial charge in [0.1, 0.15) is 5.02 Å². The zero-order valence-electron chi connectivity index (χ0n) is 11.8. The highest BCUT2D eigenvalue weighted by Gasteiger charge is 2.39. The van der Waals surface area contributed by atoms with E-state index in [1.807, 2.05) is 13.8 Å². The number of nitro benzene ring substituents is 1. The van der Waals surface area contributed by atoms with Crippen LogP contribution in [0.2, 0.25) is 5.02 Å². The first-order valence-electron chi connectivity index (χ1n) is 6.76. The van der Waals surface area contributed by atoms with Crippen molar-refractivity contribution in [2.75, 3.05) is 0 Å². The van der Waals surface area contributed by atoms with E-state index in [4.69, 9.17) is 11.6 Å². The topological polar surface area (TPSA) is 80.5 Å². The fourth-order valence-corrected chi connectivity index (χ4v) is 4.94.